The third kappa shape index (κ3) is 5.41. The van der Waals surface area contributed by atoms with Crippen LogP contribution in [0.1, 0.15) is 41.6 Å². The van der Waals surface area contributed by atoms with Crippen LogP contribution < -0.4 is 9.44 Å². The van der Waals surface area contributed by atoms with Gasteiger partial charge in [-0.3, -0.25) is 14.2 Å². The minimum atomic E-state index is -3.65. The van der Waals surface area contributed by atoms with Crippen molar-refractivity contribution < 1.29 is 26.0 Å². The fourth-order valence-electron chi connectivity index (χ4n) is 4.68. The Labute approximate surface area is 219 Å². The summed E-state index contributed by atoms with van der Waals surface area (Å²) in [6.07, 6.45) is 6.88. The third-order valence-corrected chi connectivity index (χ3v) is 8.96. The number of sulfonamides is 2. The van der Waals surface area contributed by atoms with Gasteiger partial charge in [-0.05, 0) is 54.8 Å². The van der Waals surface area contributed by atoms with E-state index in [4.69, 9.17) is 0 Å². The summed E-state index contributed by atoms with van der Waals surface area (Å²) in [5, 5.41) is -0.0683. The number of carbonyl (C=O) groups excluding carboxylic acids is 1. The molecule has 2 aromatic carbocycles. The largest absolute Gasteiger partial charge is 0.345 e. The minimum Gasteiger partial charge on any atom is -0.345 e. The summed E-state index contributed by atoms with van der Waals surface area (Å²) in [7, 11) is -7.12. The molecule has 0 spiro atoms. The normalized spacial score (nSPS) is 14.6. The molecule has 0 bridgehead atoms. The number of pyridine rings is 1. The Bertz CT molecular complexity index is 1760. The molecule has 0 aliphatic heterocycles. The molecule has 0 radical (unpaired) electrons. The highest BCUT2D eigenvalue weighted by atomic mass is 32.2. The molecule has 1 aliphatic carbocycles. The predicted octanol–water partition coefficient (Wildman–Crippen LogP) is 4.66. The quantitative estimate of drug-likeness (QED) is 0.270. The molecule has 198 valence electrons. The molecule has 12 heteroatoms. The first-order valence-corrected chi connectivity index (χ1v) is 15.4. The van der Waals surface area contributed by atoms with E-state index < -0.39 is 36.9 Å². The van der Waals surface area contributed by atoms with Gasteiger partial charge in [-0.1, -0.05) is 25.0 Å². The second-order valence-corrected chi connectivity index (χ2v) is 13.1. The molecule has 0 amide bonds. The molecule has 0 atom stereocenters. The monoisotopic (exact) mass is 556 g/mol. The number of carbonyl (C=O) groups is 1. The van der Waals surface area contributed by atoms with Crippen LogP contribution in [0.3, 0.4) is 0 Å². The van der Waals surface area contributed by atoms with Crippen LogP contribution in [0, 0.1) is 5.82 Å². The number of nitrogens with zero attached hydrogens (tertiary/aromatic N) is 1. The Morgan fingerprint density at radius 1 is 0.947 bits per heavy atom. The molecule has 1 aliphatic rings. The molecule has 4 aromatic rings. The molecule has 2 aromatic heterocycles. The van der Waals surface area contributed by atoms with Crippen LogP contribution in [-0.4, -0.2) is 44.1 Å². The summed E-state index contributed by atoms with van der Waals surface area (Å²) >= 11 is 0. The van der Waals surface area contributed by atoms with Gasteiger partial charge >= 0.3 is 0 Å². The topological polar surface area (TPSA) is 138 Å². The van der Waals surface area contributed by atoms with Crippen LogP contribution in [0.15, 0.2) is 60.9 Å². The average Bonchev–Trinajstić information content (AvgIpc) is 3.54. The van der Waals surface area contributed by atoms with Crippen molar-refractivity contribution in [2.75, 3.05) is 15.7 Å². The van der Waals surface area contributed by atoms with E-state index in [1.54, 1.807) is 36.5 Å². The standard InChI is InChI=1S/C26H25FN4O5S2/c1-37(33,34)30-18-6-4-5-16(11-18)17-12-21-23(15-29-26(21)28-14-17)25(32)22-13-19(9-10-24(22)27)31-38(35,36)20-7-2-3-8-20/h4-6,9-15,20,30-31H,2-3,7-8H2,1H3,(H,28,29). The highest BCUT2D eigenvalue weighted by Crippen LogP contribution is 2.30. The van der Waals surface area contributed by atoms with Crippen molar-refractivity contribution >= 4 is 48.2 Å². The summed E-state index contributed by atoms with van der Waals surface area (Å²) in [5.74, 6) is -1.42. The van der Waals surface area contributed by atoms with E-state index in [0.29, 0.717) is 40.7 Å². The van der Waals surface area contributed by atoms with Gasteiger partial charge in [0.25, 0.3) is 0 Å². The van der Waals surface area contributed by atoms with Crippen molar-refractivity contribution in [3.05, 3.63) is 77.9 Å². The Morgan fingerprint density at radius 3 is 2.42 bits per heavy atom. The van der Waals surface area contributed by atoms with Gasteiger partial charge in [-0.25, -0.2) is 26.2 Å². The molecular weight excluding hydrogens is 531 g/mol. The first-order chi connectivity index (χ1) is 18.0. The van der Waals surface area contributed by atoms with Gasteiger partial charge in [-0.15, -0.1) is 0 Å². The lowest BCUT2D eigenvalue weighted by molar-refractivity contribution is 0.103. The zero-order valence-electron chi connectivity index (χ0n) is 20.4. The highest BCUT2D eigenvalue weighted by molar-refractivity contribution is 7.93. The lowest BCUT2D eigenvalue weighted by Crippen LogP contribution is -2.25. The van der Waals surface area contributed by atoms with Crippen LogP contribution in [0.2, 0.25) is 0 Å². The third-order valence-electron chi connectivity index (χ3n) is 6.49. The second-order valence-electron chi connectivity index (χ2n) is 9.35. The van der Waals surface area contributed by atoms with Crippen LogP contribution in [-0.2, 0) is 20.0 Å². The molecule has 5 rings (SSSR count). The number of rotatable bonds is 8. The molecule has 1 fully saturated rings. The van der Waals surface area contributed by atoms with Crippen molar-refractivity contribution in [1.82, 2.24) is 9.97 Å². The van der Waals surface area contributed by atoms with E-state index in [1.165, 1.54) is 18.3 Å². The van der Waals surface area contributed by atoms with Crippen LogP contribution >= 0.6 is 0 Å². The number of aromatic amines is 1. The number of hydrogen-bond acceptors (Lipinski definition) is 6. The summed E-state index contributed by atoms with van der Waals surface area (Å²) < 4.78 is 68.3. The summed E-state index contributed by atoms with van der Waals surface area (Å²) in [6.45, 7) is 0. The maximum atomic E-state index is 14.8. The number of hydrogen-bond donors (Lipinski definition) is 3. The lowest BCUT2D eigenvalue weighted by Gasteiger charge is -2.14. The molecule has 0 saturated heterocycles. The molecule has 9 nitrogen and oxygen atoms in total. The van der Waals surface area contributed by atoms with Crippen LogP contribution in [0.5, 0.6) is 0 Å². The van der Waals surface area contributed by atoms with Crippen molar-refractivity contribution in [3.63, 3.8) is 0 Å². The number of fused-ring (bicyclic) bond motifs is 1. The van der Waals surface area contributed by atoms with Crippen molar-refractivity contribution in [3.8, 4) is 11.1 Å². The van der Waals surface area contributed by atoms with E-state index in [9.17, 15) is 26.0 Å². The van der Waals surface area contributed by atoms with E-state index in [-0.39, 0.29) is 16.8 Å². The molecule has 0 unspecified atom stereocenters. The number of H-pyrrole nitrogens is 1. The van der Waals surface area contributed by atoms with Gasteiger partial charge < -0.3 is 4.98 Å². The number of halogens is 1. The van der Waals surface area contributed by atoms with E-state index >= 15 is 0 Å². The average molecular weight is 557 g/mol. The number of aromatic nitrogens is 2. The maximum Gasteiger partial charge on any atom is 0.235 e. The van der Waals surface area contributed by atoms with Gasteiger partial charge in [0.15, 0.2) is 5.78 Å². The van der Waals surface area contributed by atoms with Crippen molar-refractivity contribution in [2.24, 2.45) is 0 Å². The SMILES string of the molecule is CS(=O)(=O)Nc1cccc(-c2cnc3[nH]cc(C(=O)c4cc(NS(=O)(=O)C5CCCC5)ccc4F)c3c2)c1. The first-order valence-electron chi connectivity index (χ1n) is 11.9. The Kier molecular flexibility index (Phi) is 6.70. The fraction of sp³-hybridized carbons (Fsp3) is 0.231. The zero-order valence-corrected chi connectivity index (χ0v) is 22.0. The molecular formula is C26H25FN4O5S2. The molecule has 38 heavy (non-hydrogen) atoms. The molecule has 3 N–H and O–H groups in total. The lowest BCUT2D eigenvalue weighted by atomic mass is 10.00. The zero-order chi connectivity index (χ0) is 27.1. The fourth-order valence-corrected chi connectivity index (χ4v) is 6.81. The van der Waals surface area contributed by atoms with Gasteiger partial charge in [0.1, 0.15) is 11.5 Å². The van der Waals surface area contributed by atoms with Gasteiger partial charge in [0, 0.05) is 40.3 Å². The smallest absolute Gasteiger partial charge is 0.235 e. The van der Waals surface area contributed by atoms with E-state index in [0.717, 1.165) is 25.2 Å². The number of anilines is 2. The summed E-state index contributed by atoms with van der Waals surface area (Å²) in [6, 6.07) is 12.0. The molecule has 1 saturated carbocycles. The van der Waals surface area contributed by atoms with Gasteiger partial charge in [0.2, 0.25) is 20.0 Å². The minimum absolute atomic E-state index is 0.121. The van der Waals surface area contributed by atoms with Crippen LogP contribution in [0.4, 0.5) is 15.8 Å². The Hall–Kier alpha value is -3.77. The maximum absolute atomic E-state index is 14.8. The van der Waals surface area contributed by atoms with Crippen LogP contribution in [0.25, 0.3) is 22.2 Å². The van der Waals surface area contributed by atoms with E-state index in [1.807, 2.05) is 0 Å². The number of benzene rings is 2. The first kappa shape index (κ1) is 25.9. The van der Waals surface area contributed by atoms with Crippen molar-refractivity contribution in [2.45, 2.75) is 30.9 Å². The van der Waals surface area contributed by atoms with Crippen molar-refractivity contribution in [1.29, 1.82) is 0 Å². The Balaban J connectivity index is 1.48. The second kappa shape index (κ2) is 9.84. The van der Waals surface area contributed by atoms with Gasteiger partial charge in [0.05, 0.1) is 17.1 Å². The molecule has 2 heterocycles. The number of ketones is 1. The predicted molar refractivity (Wildman–Crippen MR) is 145 cm³/mol. The highest BCUT2D eigenvalue weighted by Gasteiger charge is 2.29. The summed E-state index contributed by atoms with van der Waals surface area (Å²) in [5.41, 5.74) is 2.05. The van der Waals surface area contributed by atoms with Gasteiger partial charge in [-0.2, -0.15) is 0 Å². The Morgan fingerprint density at radius 2 is 1.68 bits per heavy atom. The van der Waals surface area contributed by atoms with E-state index in [2.05, 4.69) is 19.4 Å². The number of nitrogens with one attached hydrogen (secondary N) is 3. The summed E-state index contributed by atoms with van der Waals surface area (Å²) in [4.78, 5) is 20.7.